The van der Waals surface area contributed by atoms with Crippen LogP contribution in [-0.4, -0.2) is 41.2 Å². The van der Waals surface area contributed by atoms with Gasteiger partial charge in [0, 0.05) is 24.2 Å². The molecule has 3 amide bonds. The molecule has 7 nitrogen and oxygen atoms in total. The monoisotopic (exact) mass is 404 g/mol. The molecule has 3 unspecified atom stereocenters. The lowest BCUT2D eigenvalue weighted by Gasteiger charge is -2.31. The maximum Gasteiger partial charge on any atom is 0.261 e. The number of fused-ring (bicyclic) bond motifs is 2. The van der Waals surface area contributed by atoms with Gasteiger partial charge in [-0.3, -0.25) is 30.1 Å². The van der Waals surface area contributed by atoms with Gasteiger partial charge in [-0.25, -0.2) is 0 Å². The Kier molecular flexibility index (Phi) is 4.84. The van der Waals surface area contributed by atoms with Crippen molar-refractivity contribution in [2.45, 2.75) is 37.9 Å². The smallest absolute Gasteiger partial charge is 0.261 e. The molecule has 1 saturated heterocycles. The zero-order valence-corrected chi connectivity index (χ0v) is 16.6. The molecule has 3 N–H and O–H groups in total. The standard InChI is InChI=1S/C23H24N4O3/c28-21(25-17-8-9-20-16(11-17)12-24-26-20)15-5-3-4-14(10-15)13-27-22(29)18-6-1-2-7-19(18)23(27)30/h1-7,10,16-17,20,24,26H,8-9,11-13H2,(H,25,28). The Balaban J connectivity index is 1.26. The Morgan fingerprint density at radius 1 is 1.03 bits per heavy atom. The third kappa shape index (κ3) is 3.40. The molecule has 0 spiro atoms. The van der Waals surface area contributed by atoms with E-state index in [1.807, 2.05) is 6.07 Å². The van der Waals surface area contributed by atoms with E-state index < -0.39 is 0 Å². The first-order valence-corrected chi connectivity index (χ1v) is 10.4. The average Bonchev–Trinajstić information content (AvgIpc) is 3.33. The van der Waals surface area contributed by atoms with Crippen molar-refractivity contribution in [3.8, 4) is 0 Å². The predicted molar refractivity (Wildman–Crippen MR) is 111 cm³/mol. The highest BCUT2D eigenvalue weighted by Gasteiger charge is 2.36. The highest BCUT2D eigenvalue weighted by molar-refractivity contribution is 6.21. The van der Waals surface area contributed by atoms with Gasteiger partial charge in [-0.1, -0.05) is 24.3 Å². The molecule has 154 valence electrons. The Hall–Kier alpha value is -3.03. The van der Waals surface area contributed by atoms with Crippen LogP contribution >= 0.6 is 0 Å². The highest BCUT2D eigenvalue weighted by Crippen LogP contribution is 2.27. The summed E-state index contributed by atoms with van der Waals surface area (Å²) < 4.78 is 0. The summed E-state index contributed by atoms with van der Waals surface area (Å²) in [5, 5.41) is 3.16. The van der Waals surface area contributed by atoms with Crippen LogP contribution < -0.4 is 16.2 Å². The van der Waals surface area contributed by atoms with E-state index >= 15 is 0 Å². The molecule has 1 aliphatic carbocycles. The van der Waals surface area contributed by atoms with Gasteiger partial charge < -0.3 is 5.32 Å². The lowest BCUT2D eigenvalue weighted by Crippen LogP contribution is -2.44. The topological polar surface area (TPSA) is 90.5 Å². The number of benzene rings is 2. The van der Waals surface area contributed by atoms with Gasteiger partial charge in [-0.15, -0.1) is 0 Å². The molecule has 5 rings (SSSR count). The number of carbonyl (C=O) groups excluding carboxylic acids is 3. The molecular formula is C23H24N4O3. The van der Waals surface area contributed by atoms with Crippen molar-refractivity contribution >= 4 is 17.7 Å². The highest BCUT2D eigenvalue weighted by atomic mass is 16.2. The average molecular weight is 404 g/mol. The van der Waals surface area contributed by atoms with Crippen LogP contribution in [-0.2, 0) is 6.54 Å². The fourth-order valence-electron chi connectivity index (χ4n) is 4.78. The van der Waals surface area contributed by atoms with E-state index in [4.69, 9.17) is 0 Å². The van der Waals surface area contributed by atoms with Crippen LogP contribution in [0.1, 0.15) is 55.9 Å². The largest absolute Gasteiger partial charge is 0.349 e. The normalized spacial score (nSPS) is 25.2. The van der Waals surface area contributed by atoms with Crippen LogP contribution in [0.4, 0.5) is 0 Å². The number of hydrogen-bond donors (Lipinski definition) is 3. The maximum atomic E-state index is 12.8. The van der Waals surface area contributed by atoms with Gasteiger partial charge in [-0.2, -0.15) is 0 Å². The van der Waals surface area contributed by atoms with Crippen molar-refractivity contribution in [1.82, 2.24) is 21.1 Å². The maximum absolute atomic E-state index is 12.8. The zero-order valence-electron chi connectivity index (χ0n) is 16.6. The molecule has 3 atom stereocenters. The van der Waals surface area contributed by atoms with Crippen molar-refractivity contribution in [3.63, 3.8) is 0 Å². The Labute approximate surface area is 174 Å². The van der Waals surface area contributed by atoms with Gasteiger partial charge in [0.25, 0.3) is 17.7 Å². The van der Waals surface area contributed by atoms with E-state index in [-0.39, 0.29) is 30.3 Å². The molecule has 2 aromatic rings. The van der Waals surface area contributed by atoms with Crippen LogP contribution in [0.3, 0.4) is 0 Å². The van der Waals surface area contributed by atoms with Gasteiger partial charge in [-0.05, 0) is 55.0 Å². The second-order valence-corrected chi connectivity index (χ2v) is 8.32. The van der Waals surface area contributed by atoms with Crippen molar-refractivity contribution in [1.29, 1.82) is 0 Å². The summed E-state index contributed by atoms with van der Waals surface area (Å²) in [6.07, 6.45) is 2.96. The summed E-state index contributed by atoms with van der Waals surface area (Å²) >= 11 is 0. The van der Waals surface area contributed by atoms with Gasteiger partial charge in [0.1, 0.15) is 0 Å². The predicted octanol–water partition coefficient (Wildman–Crippen LogP) is 1.86. The number of rotatable bonds is 4. The van der Waals surface area contributed by atoms with Gasteiger partial charge in [0.2, 0.25) is 0 Å². The van der Waals surface area contributed by atoms with E-state index in [0.29, 0.717) is 28.7 Å². The summed E-state index contributed by atoms with van der Waals surface area (Å²) in [6.45, 7) is 1.09. The molecule has 30 heavy (non-hydrogen) atoms. The number of carbonyl (C=O) groups is 3. The van der Waals surface area contributed by atoms with Gasteiger partial charge in [0.05, 0.1) is 17.7 Å². The van der Waals surface area contributed by atoms with Crippen LogP contribution in [0.25, 0.3) is 0 Å². The van der Waals surface area contributed by atoms with E-state index in [9.17, 15) is 14.4 Å². The van der Waals surface area contributed by atoms with Crippen molar-refractivity contribution < 1.29 is 14.4 Å². The summed E-state index contributed by atoms with van der Waals surface area (Å²) in [5.41, 5.74) is 8.67. The summed E-state index contributed by atoms with van der Waals surface area (Å²) in [7, 11) is 0. The number of imide groups is 1. The van der Waals surface area contributed by atoms with E-state index in [0.717, 1.165) is 31.4 Å². The van der Waals surface area contributed by atoms with Crippen LogP contribution in [0.15, 0.2) is 48.5 Å². The first kappa shape index (κ1) is 19.0. The van der Waals surface area contributed by atoms with Crippen molar-refractivity contribution in [2.24, 2.45) is 5.92 Å². The Bertz CT molecular complexity index is 986. The Morgan fingerprint density at radius 2 is 1.80 bits per heavy atom. The lowest BCUT2D eigenvalue weighted by atomic mass is 9.83. The quantitative estimate of drug-likeness (QED) is 0.677. The van der Waals surface area contributed by atoms with Crippen LogP contribution in [0.2, 0.25) is 0 Å². The first-order valence-electron chi connectivity index (χ1n) is 10.4. The molecule has 2 fully saturated rings. The van der Waals surface area contributed by atoms with Crippen LogP contribution in [0, 0.1) is 5.92 Å². The number of hydrogen-bond acceptors (Lipinski definition) is 5. The van der Waals surface area contributed by atoms with Gasteiger partial charge >= 0.3 is 0 Å². The third-order valence-corrected chi connectivity index (χ3v) is 6.38. The second-order valence-electron chi connectivity index (χ2n) is 8.32. The molecule has 3 aliphatic rings. The van der Waals surface area contributed by atoms with Crippen LogP contribution in [0.5, 0.6) is 0 Å². The fourth-order valence-corrected chi connectivity index (χ4v) is 4.78. The molecule has 0 bridgehead atoms. The van der Waals surface area contributed by atoms with E-state index in [1.165, 1.54) is 4.90 Å². The second kappa shape index (κ2) is 7.66. The van der Waals surface area contributed by atoms with E-state index in [2.05, 4.69) is 16.2 Å². The van der Waals surface area contributed by atoms with Gasteiger partial charge in [0.15, 0.2) is 0 Å². The molecule has 1 saturated carbocycles. The lowest BCUT2D eigenvalue weighted by molar-refractivity contribution is 0.0642. The molecule has 0 aromatic heterocycles. The molecule has 2 heterocycles. The molecule has 2 aliphatic heterocycles. The molecule has 7 heteroatoms. The number of nitrogens with one attached hydrogen (secondary N) is 3. The summed E-state index contributed by atoms with van der Waals surface area (Å²) in [6, 6.07) is 14.7. The van der Waals surface area contributed by atoms with Crippen molar-refractivity contribution in [3.05, 3.63) is 70.8 Å². The number of hydrazine groups is 1. The minimum absolute atomic E-state index is 0.110. The Morgan fingerprint density at radius 3 is 2.57 bits per heavy atom. The number of nitrogens with zero attached hydrogens (tertiary/aromatic N) is 1. The molecule has 0 radical (unpaired) electrons. The SMILES string of the molecule is O=C(NC1CCC2NNCC2C1)c1cccc(CN2C(=O)c3ccccc3C2=O)c1. The number of amides is 3. The molecular weight excluding hydrogens is 380 g/mol. The van der Waals surface area contributed by atoms with E-state index in [1.54, 1.807) is 42.5 Å². The van der Waals surface area contributed by atoms with Crippen molar-refractivity contribution in [2.75, 3.05) is 6.54 Å². The minimum atomic E-state index is -0.291. The summed E-state index contributed by atoms with van der Waals surface area (Å²) in [5.74, 6) is -0.146. The third-order valence-electron chi connectivity index (χ3n) is 6.38. The zero-order chi connectivity index (χ0) is 20.7. The molecule has 2 aromatic carbocycles. The summed E-state index contributed by atoms with van der Waals surface area (Å²) in [4.78, 5) is 39.2. The fraction of sp³-hybridized carbons (Fsp3) is 0.348. The first-order chi connectivity index (χ1) is 14.6. The minimum Gasteiger partial charge on any atom is -0.349 e.